The second kappa shape index (κ2) is 15.1. The lowest BCUT2D eigenvalue weighted by molar-refractivity contribution is -0.498. The smallest absolute Gasteiger partial charge is 0.257 e. The van der Waals surface area contributed by atoms with Gasteiger partial charge in [0.05, 0.1) is 0 Å². The summed E-state index contributed by atoms with van der Waals surface area (Å²) in [6.07, 6.45) is 2.76. The van der Waals surface area contributed by atoms with Gasteiger partial charge in [-0.05, 0) is 0 Å². The normalized spacial score (nSPS) is 11.5. The Morgan fingerprint density at radius 2 is 1.75 bits per heavy atom. The Balaban J connectivity index is -0.000000656. The molecular weight excluding hydrogens is 260 g/mol. The number of allylic oxidation sites excluding steroid dienone is 1. The largest absolute Gasteiger partial charge is 0.383 e. The number of nitrogens with one attached hydrogen (secondary N) is 1. The molecular formula is C13H28N4O3. The van der Waals surface area contributed by atoms with Crippen LogP contribution in [-0.2, 0) is 4.79 Å². The monoisotopic (exact) mass is 288 g/mol. The fourth-order valence-electron chi connectivity index (χ4n) is 0.877. The van der Waals surface area contributed by atoms with E-state index in [4.69, 9.17) is 0 Å². The van der Waals surface area contributed by atoms with Gasteiger partial charge in [-0.3, -0.25) is 14.9 Å². The van der Waals surface area contributed by atoms with Gasteiger partial charge in [-0.1, -0.05) is 27.7 Å². The lowest BCUT2D eigenvalue weighted by atomic mass is 10.1. The highest BCUT2D eigenvalue weighted by molar-refractivity contribution is 6.45. The maximum atomic E-state index is 11.6. The number of hydrogen-bond acceptors (Lipinski definition) is 6. The summed E-state index contributed by atoms with van der Waals surface area (Å²) in [6, 6.07) is -1.13. The molecule has 0 amide bonds. The van der Waals surface area contributed by atoms with Gasteiger partial charge in [0, 0.05) is 45.3 Å². The highest BCUT2D eigenvalue weighted by Gasteiger charge is 2.26. The summed E-state index contributed by atoms with van der Waals surface area (Å²) >= 11 is 0. The van der Waals surface area contributed by atoms with E-state index in [2.05, 4.69) is 10.5 Å². The molecule has 0 aliphatic rings. The molecule has 0 saturated heterocycles. The highest BCUT2D eigenvalue weighted by atomic mass is 16.6. The summed E-state index contributed by atoms with van der Waals surface area (Å²) in [5.74, 6) is -0.479. The van der Waals surface area contributed by atoms with Crippen molar-refractivity contribution in [3.05, 3.63) is 22.4 Å². The molecule has 7 nitrogen and oxygen atoms in total. The molecule has 7 heteroatoms. The summed E-state index contributed by atoms with van der Waals surface area (Å²) in [6.45, 7) is 9.32. The molecule has 0 heterocycles. The van der Waals surface area contributed by atoms with Gasteiger partial charge >= 0.3 is 0 Å². The molecule has 1 N–H and O–H groups in total. The quantitative estimate of drug-likeness (QED) is 0.349. The van der Waals surface area contributed by atoms with E-state index in [1.54, 1.807) is 19.0 Å². The number of carbonyl (C=O) groups excluding carboxylic acids is 1. The lowest BCUT2D eigenvalue weighted by Gasteiger charge is -2.06. The molecule has 0 aliphatic carbocycles. The van der Waals surface area contributed by atoms with Crippen LogP contribution in [0.15, 0.2) is 17.4 Å². The van der Waals surface area contributed by atoms with Gasteiger partial charge in [0.2, 0.25) is 5.78 Å². The third-order valence-electron chi connectivity index (χ3n) is 1.72. The Morgan fingerprint density at radius 1 is 1.30 bits per heavy atom. The first kappa shape index (κ1) is 23.2. The van der Waals surface area contributed by atoms with Crippen LogP contribution in [0.25, 0.3) is 0 Å². The van der Waals surface area contributed by atoms with Gasteiger partial charge in [-0.2, -0.15) is 5.10 Å². The molecule has 0 aromatic rings. The van der Waals surface area contributed by atoms with Crippen LogP contribution in [0, 0.1) is 10.1 Å². The Bertz CT molecular complexity index is 326. The summed E-state index contributed by atoms with van der Waals surface area (Å²) in [5, 5.41) is 14.2. The van der Waals surface area contributed by atoms with Gasteiger partial charge in [0.1, 0.15) is 0 Å². The van der Waals surface area contributed by atoms with Crippen LogP contribution in [0.3, 0.4) is 0 Å². The van der Waals surface area contributed by atoms with Crippen LogP contribution in [0.1, 0.15) is 34.6 Å². The van der Waals surface area contributed by atoms with E-state index in [-0.39, 0.29) is 5.71 Å². The Hall–Kier alpha value is -1.92. The summed E-state index contributed by atoms with van der Waals surface area (Å²) in [4.78, 5) is 23.3. The molecule has 1 atom stereocenters. The standard InChI is InChI=1S/C9H16N4O3.2C2H6/c1-7(13(15)16)9(11-10-2)8(14)5-6-12(3)4;2*1-2/h5-7,10H,1-4H3;2*1-2H3/b6-5+,11-9+;;. The molecule has 20 heavy (non-hydrogen) atoms. The number of hydrogen-bond donors (Lipinski definition) is 1. The third kappa shape index (κ3) is 11.2. The Kier molecular flexibility index (Phi) is 17.6. The van der Waals surface area contributed by atoms with Gasteiger partial charge in [-0.15, -0.1) is 0 Å². The summed E-state index contributed by atoms with van der Waals surface area (Å²) in [5.41, 5.74) is 2.27. The molecule has 0 aliphatic heterocycles. The molecule has 0 radical (unpaired) electrons. The van der Waals surface area contributed by atoms with Crippen LogP contribution in [0.2, 0.25) is 0 Å². The van der Waals surface area contributed by atoms with Crippen molar-refractivity contribution in [2.24, 2.45) is 5.10 Å². The number of nitro groups is 1. The SMILES string of the molecule is CC.CC.CN/N=C(/C(=O)/C=C/N(C)C)C(C)[N+](=O)[O-]. The fraction of sp³-hybridized carbons (Fsp3) is 0.692. The van der Waals surface area contributed by atoms with Gasteiger partial charge in [-0.25, -0.2) is 0 Å². The first-order valence-electron chi connectivity index (χ1n) is 6.67. The zero-order valence-electron chi connectivity index (χ0n) is 13.8. The topological polar surface area (TPSA) is 87.8 Å². The first-order chi connectivity index (χ1) is 9.40. The molecule has 1 unspecified atom stereocenters. The van der Waals surface area contributed by atoms with Crippen molar-refractivity contribution in [1.29, 1.82) is 0 Å². The number of carbonyl (C=O) groups is 1. The predicted molar refractivity (Wildman–Crippen MR) is 83.5 cm³/mol. The molecule has 0 rings (SSSR count). The van der Waals surface area contributed by atoms with E-state index < -0.39 is 16.7 Å². The Labute approximate surface area is 121 Å². The minimum Gasteiger partial charge on any atom is -0.383 e. The van der Waals surface area contributed by atoms with Crippen LogP contribution in [0.4, 0.5) is 0 Å². The van der Waals surface area contributed by atoms with Crippen molar-refractivity contribution in [3.8, 4) is 0 Å². The molecule has 0 bridgehead atoms. The van der Waals surface area contributed by atoms with Crippen LogP contribution >= 0.6 is 0 Å². The minimum absolute atomic E-state index is 0.120. The van der Waals surface area contributed by atoms with E-state index in [0.717, 1.165) is 0 Å². The average Bonchev–Trinajstić information content (AvgIpc) is 2.45. The maximum absolute atomic E-state index is 11.6. The third-order valence-corrected chi connectivity index (χ3v) is 1.72. The number of ketones is 1. The summed E-state index contributed by atoms with van der Waals surface area (Å²) in [7, 11) is 4.97. The van der Waals surface area contributed by atoms with Crippen molar-refractivity contribution in [1.82, 2.24) is 10.3 Å². The van der Waals surface area contributed by atoms with Crippen LogP contribution < -0.4 is 5.43 Å². The fourth-order valence-corrected chi connectivity index (χ4v) is 0.877. The van der Waals surface area contributed by atoms with Crippen LogP contribution in [-0.4, -0.2) is 48.5 Å². The van der Waals surface area contributed by atoms with Gasteiger partial charge in [0.15, 0.2) is 5.71 Å². The second-order valence-corrected chi connectivity index (χ2v) is 3.33. The van der Waals surface area contributed by atoms with E-state index in [0.29, 0.717) is 0 Å². The second-order valence-electron chi connectivity index (χ2n) is 3.33. The van der Waals surface area contributed by atoms with Crippen molar-refractivity contribution < 1.29 is 9.72 Å². The van der Waals surface area contributed by atoms with Crippen molar-refractivity contribution in [3.63, 3.8) is 0 Å². The first-order valence-corrected chi connectivity index (χ1v) is 6.67. The van der Waals surface area contributed by atoms with E-state index >= 15 is 0 Å². The zero-order valence-corrected chi connectivity index (χ0v) is 13.8. The van der Waals surface area contributed by atoms with E-state index in [1.165, 1.54) is 26.2 Å². The number of nitrogens with zero attached hydrogens (tertiary/aromatic N) is 3. The van der Waals surface area contributed by atoms with E-state index in [9.17, 15) is 14.9 Å². The minimum atomic E-state index is -1.13. The lowest BCUT2D eigenvalue weighted by Crippen LogP contribution is -2.33. The maximum Gasteiger partial charge on any atom is 0.257 e. The highest BCUT2D eigenvalue weighted by Crippen LogP contribution is 1.96. The van der Waals surface area contributed by atoms with Crippen LogP contribution in [0.5, 0.6) is 0 Å². The molecule has 0 fully saturated rings. The number of rotatable bonds is 6. The number of hydrazone groups is 1. The Morgan fingerprint density at radius 3 is 2.05 bits per heavy atom. The van der Waals surface area contributed by atoms with E-state index in [1.807, 2.05) is 27.7 Å². The van der Waals surface area contributed by atoms with Crippen molar-refractivity contribution >= 4 is 11.5 Å². The summed E-state index contributed by atoms with van der Waals surface area (Å²) < 4.78 is 0. The molecule has 0 spiro atoms. The molecule has 0 aromatic carbocycles. The predicted octanol–water partition coefficient (Wildman–Crippen LogP) is 1.92. The molecule has 0 saturated carbocycles. The molecule has 0 aromatic heterocycles. The molecule has 118 valence electrons. The zero-order chi connectivity index (χ0) is 16.7. The van der Waals surface area contributed by atoms with Crippen molar-refractivity contribution in [2.45, 2.75) is 40.7 Å². The van der Waals surface area contributed by atoms with Gasteiger partial charge < -0.3 is 10.3 Å². The van der Waals surface area contributed by atoms with Gasteiger partial charge in [0.25, 0.3) is 6.04 Å². The van der Waals surface area contributed by atoms with Crippen molar-refractivity contribution in [2.75, 3.05) is 21.1 Å². The average molecular weight is 288 g/mol.